The number of rotatable bonds is 9. The van der Waals surface area contributed by atoms with Crippen LogP contribution in [0.25, 0.3) is 0 Å². The van der Waals surface area contributed by atoms with Crippen LogP contribution in [0, 0.1) is 5.92 Å². The molecule has 1 heterocycles. The Labute approximate surface area is 208 Å². The van der Waals surface area contributed by atoms with Crippen molar-refractivity contribution >= 4 is 21.6 Å². The Balaban J connectivity index is 1.21. The zero-order valence-corrected chi connectivity index (χ0v) is 20.6. The number of anilines is 1. The fourth-order valence-corrected chi connectivity index (χ4v) is 5.98. The van der Waals surface area contributed by atoms with Crippen LogP contribution in [0.5, 0.6) is 0 Å². The molecule has 1 aliphatic rings. The molecule has 2 atom stereocenters. The third-order valence-corrected chi connectivity index (χ3v) is 8.21. The van der Waals surface area contributed by atoms with Crippen LogP contribution in [0.3, 0.4) is 0 Å². The highest BCUT2D eigenvalue weighted by molar-refractivity contribution is 7.91. The number of carbonyl (C=O) groups is 1. The maximum absolute atomic E-state index is 12.8. The average molecular weight is 492 g/mol. The van der Waals surface area contributed by atoms with Crippen LogP contribution < -0.4 is 16.0 Å². The normalized spacial score (nSPS) is 18.1. The molecule has 6 nitrogen and oxygen atoms in total. The lowest BCUT2D eigenvalue weighted by Crippen LogP contribution is -2.39. The zero-order valence-electron chi connectivity index (χ0n) is 19.8. The molecule has 7 heteroatoms. The molecule has 0 spiro atoms. The molecule has 1 fully saturated rings. The Morgan fingerprint density at radius 1 is 0.914 bits per heavy atom. The number of urea groups is 1. The molecule has 184 valence electrons. The minimum absolute atomic E-state index is 0.148. The molecule has 3 N–H and O–H groups in total. The van der Waals surface area contributed by atoms with Gasteiger partial charge in [-0.1, -0.05) is 54.6 Å². The second-order valence-corrected chi connectivity index (χ2v) is 11.0. The Morgan fingerprint density at radius 2 is 1.63 bits per heavy atom. The molecule has 0 aromatic heterocycles. The van der Waals surface area contributed by atoms with Gasteiger partial charge in [0.25, 0.3) is 0 Å². The number of nitrogens with one attached hydrogen (secondary N) is 3. The minimum atomic E-state index is -3.63. The van der Waals surface area contributed by atoms with E-state index in [9.17, 15) is 13.2 Å². The molecular formula is C28H33N3O3S. The first-order valence-electron chi connectivity index (χ1n) is 12.2. The number of benzene rings is 3. The SMILES string of the molecule is O=C(NCCC[C@@H]1C[C@@H](Cc2ccccc2)CCN1)Nc1cccc(S(=O)(=O)c2ccccc2)c1. The van der Waals surface area contributed by atoms with Gasteiger partial charge in [0.05, 0.1) is 9.79 Å². The summed E-state index contributed by atoms with van der Waals surface area (Å²) < 4.78 is 25.6. The van der Waals surface area contributed by atoms with E-state index in [2.05, 4.69) is 46.3 Å². The van der Waals surface area contributed by atoms with Crippen molar-refractivity contribution in [3.63, 3.8) is 0 Å². The molecular weight excluding hydrogens is 458 g/mol. The van der Waals surface area contributed by atoms with Gasteiger partial charge in [-0.2, -0.15) is 0 Å². The molecule has 0 radical (unpaired) electrons. The summed E-state index contributed by atoms with van der Waals surface area (Å²) in [6.45, 7) is 1.60. The predicted molar refractivity (Wildman–Crippen MR) is 139 cm³/mol. The van der Waals surface area contributed by atoms with Crippen molar-refractivity contribution in [3.05, 3.63) is 90.5 Å². The van der Waals surface area contributed by atoms with E-state index in [1.54, 1.807) is 42.5 Å². The number of carbonyl (C=O) groups excluding carboxylic acids is 1. The third-order valence-electron chi connectivity index (χ3n) is 6.44. The van der Waals surface area contributed by atoms with Crippen LogP contribution >= 0.6 is 0 Å². The van der Waals surface area contributed by atoms with Crippen molar-refractivity contribution < 1.29 is 13.2 Å². The standard InChI is InChI=1S/C28H33N3O3S/c32-28(31-25-11-7-15-27(21-25)35(33,34)26-13-5-2-6-14-26)30-17-8-12-24-20-23(16-18-29-24)19-22-9-3-1-4-10-22/h1-7,9-11,13-15,21,23-24,29H,8,12,16-20H2,(H2,30,31,32)/t23-,24-/m1/s1. The first-order chi connectivity index (χ1) is 17.0. The molecule has 0 bridgehead atoms. The summed E-state index contributed by atoms with van der Waals surface area (Å²) in [5.74, 6) is 0.694. The van der Waals surface area contributed by atoms with Crippen LogP contribution in [0.1, 0.15) is 31.2 Å². The summed E-state index contributed by atoms with van der Waals surface area (Å²) >= 11 is 0. The summed E-state index contributed by atoms with van der Waals surface area (Å²) in [5, 5.41) is 9.24. The van der Waals surface area contributed by atoms with E-state index < -0.39 is 9.84 Å². The second kappa shape index (κ2) is 12.0. The molecule has 2 amide bonds. The Kier molecular flexibility index (Phi) is 8.55. The molecule has 35 heavy (non-hydrogen) atoms. The number of sulfone groups is 1. The van der Waals surface area contributed by atoms with Crippen LogP contribution in [-0.2, 0) is 16.3 Å². The lowest BCUT2D eigenvalue weighted by Gasteiger charge is -2.30. The molecule has 1 saturated heterocycles. The molecule has 4 rings (SSSR count). The zero-order chi connectivity index (χ0) is 24.5. The van der Waals surface area contributed by atoms with E-state index in [4.69, 9.17) is 0 Å². The smallest absolute Gasteiger partial charge is 0.319 e. The predicted octanol–water partition coefficient (Wildman–Crippen LogP) is 5.03. The summed E-state index contributed by atoms with van der Waals surface area (Å²) in [6, 6.07) is 25.4. The van der Waals surface area contributed by atoms with Crippen LogP contribution in [0.15, 0.2) is 94.7 Å². The maximum atomic E-state index is 12.8. The second-order valence-electron chi connectivity index (χ2n) is 9.10. The quantitative estimate of drug-likeness (QED) is 0.366. The van der Waals surface area contributed by atoms with E-state index in [0.29, 0.717) is 24.2 Å². The van der Waals surface area contributed by atoms with Gasteiger partial charge in [-0.3, -0.25) is 0 Å². The van der Waals surface area contributed by atoms with Gasteiger partial charge in [0, 0.05) is 18.3 Å². The van der Waals surface area contributed by atoms with Crippen molar-refractivity contribution in [2.45, 2.75) is 47.9 Å². The van der Waals surface area contributed by atoms with Crippen molar-refractivity contribution in [1.29, 1.82) is 0 Å². The van der Waals surface area contributed by atoms with Gasteiger partial charge in [-0.25, -0.2) is 13.2 Å². The molecule has 0 saturated carbocycles. The Morgan fingerprint density at radius 3 is 2.40 bits per heavy atom. The fourth-order valence-electron chi connectivity index (χ4n) is 4.65. The Hall–Kier alpha value is -3.16. The van der Waals surface area contributed by atoms with Crippen molar-refractivity contribution in [2.75, 3.05) is 18.4 Å². The van der Waals surface area contributed by atoms with Crippen molar-refractivity contribution in [3.8, 4) is 0 Å². The van der Waals surface area contributed by atoms with Gasteiger partial charge in [0.1, 0.15) is 0 Å². The first-order valence-corrected chi connectivity index (χ1v) is 13.7. The molecule has 1 aliphatic heterocycles. The lowest BCUT2D eigenvalue weighted by molar-refractivity contribution is 0.250. The highest BCUT2D eigenvalue weighted by atomic mass is 32.2. The number of piperidine rings is 1. The molecule has 0 unspecified atom stereocenters. The van der Waals surface area contributed by atoms with Crippen molar-refractivity contribution in [1.82, 2.24) is 10.6 Å². The van der Waals surface area contributed by atoms with E-state index in [0.717, 1.165) is 32.2 Å². The summed E-state index contributed by atoms with van der Waals surface area (Å²) in [4.78, 5) is 12.7. The van der Waals surface area contributed by atoms with E-state index >= 15 is 0 Å². The highest BCUT2D eigenvalue weighted by Crippen LogP contribution is 2.24. The van der Waals surface area contributed by atoms with E-state index in [1.807, 2.05) is 0 Å². The van der Waals surface area contributed by atoms with Crippen LogP contribution in [0.4, 0.5) is 10.5 Å². The van der Waals surface area contributed by atoms with Gasteiger partial charge in [-0.05, 0) is 80.5 Å². The van der Waals surface area contributed by atoms with Gasteiger partial charge < -0.3 is 16.0 Å². The number of hydrogen-bond donors (Lipinski definition) is 3. The largest absolute Gasteiger partial charge is 0.338 e. The topological polar surface area (TPSA) is 87.3 Å². The van der Waals surface area contributed by atoms with Crippen LogP contribution in [0.2, 0.25) is 0 Å². The average Bonchev–Trinajstić information content (AvgIpc) is 2.88. The summed E-state index contributed by atoms with van der Waals surface area (Å²) in [7, 11) is -3.63. The Bertz CT molecular complexity index is 1200. The molecule has 0 aliphatic carbocycles. The third kappa shape index (κ3) is 7.16. The van der Waals surface area contributed by atoms with Crippen LogP contribution in [-0.4, -0.2) is 33.6 Å². The van der Waals surface area contributed by atoms with Crippen molar-refractivity contribution in [2.24, 2.45) is 5.92 Å². The minimum Gasteiger partial charge on any atom is -0.338 e. The first kappa shape index (κ1) is 24.9. The summed E-state index contributed by atoms with van der Waals surface area (Å²) in [5.41, 5.74) is 1.84. The highest BCUT2D eigenvalue weighted by Gasteiger charge is 2.21. The van der Waals surface area contributed by atoms with E-state index in [1.165, 1.54) is 24.1 Å². The monoisotopic (exact) mass is 491 g/mol. The fraction of sp³-hybridized carbons (Fsp3) is 0.321. The van der Waals surface area contributed by atoms with E-state index in [-0.39, 0.29) is 15.8 Å². The number of hydrogen-bond acceptors (Lipinski definition) is 4. The van der Waals surface area contributed by atoms with Gasteiger partial charge in [0.15, 0.2) is 0 Å². The van der Waals surface area contributed by atoms with Gasteiger partial charge >= 0.3 is 6.03 Å². The number of amides is 2. The molecule has 3 aromatic rings. The molecule has 3 aromatic carbocycles. The van der Waals surface area contributed by atoms with Gasteiger partial charge in [0.2, 0.25) is 9.84 Å². The van der Waals surface area contributed by atoms with Gasteiger partial charge in [-0.15, -0.1) is 0 Å². The lowest BCUT2D eigenvalue weighted by atomic mass is 9.86. The maximum Gasteiger partial charge on any atom is 0.319 e. The summed E-state index contributed by atoms with van der Waals surface area (Å²) in [6.07, 6.45) is 5.37.